The summed E-state index contributed by atoms with van der Waals surface area (Å²) in [5.41, 5.74) is 1.26. The largest absolute Gasteiger partial charge is 0.355 e. The van der Waals surface area contributed by atoms with Crippen LogP contribution in [-0.4, -0.2) is 32.8 Å². The van der Waals surface area contributed by atoms with Crippen molar-refractivity contribution >= 4 is 27.5 Å². The highest BCUT2D eigenvalue weighted by atomic mass is 32.2. The van der Waals surface area contributed by atoms with E-state index >= 15 is 0 Å². The first-order chi connectivity index (χ1) is 10.3. The number of fused-ring (bicyclic) bond motifs is 1. The average molecular weight is 325 g/mol. The topological polar surface area (TPSA) is 104 Å². The molecule has 7 nitrogen and oxygen atoms in total. The van der Waals surface area contributed by atoms with E-state index in [2.05, 4.69) is 15.4 Å². The van der Waals surface area contributed by atoms with E-state index in [0.29, 0.717) is 17.8 Å². The fourth-order valence-corrected chi connectivity index (χ4v) is 3.48. The van der Waals surface area contributed by atoms with E-state index in [1.165, 1.54) is 19.1 Å². The zero-order chi connectivity index (χ0) is 16.5. The van der Waals surface area contributed by atoms with Crippen molar-refractivity contribution in [2.24, 2.45) is 0 Å². The van der Waals surface area contributed by atoms with E-state index in [0.717, 1.165) is 0 Å². The molecular formula is C14H19N3O4S. The van der Waals surface area contributed by atoms with Gasteiger partial charge in [0, 0.05) is 12.2 Å². The van der Waals surface area contributed by atoms with Crippen molar-refractivity contribution in [3.8, 4) is 0 Å². The maximum absolute atomic E-state index is 12.3. The SMILES string of the molecule is CCNC(=O)[C@@H](C)NS(=O)(=O)c1ccc2c(c1)[C@H](C)C(=O)N2. The lowest BCUT2D eigenvalue weighted by molar-refractivity contribution is -0.122. The van der Waals surface area contributed by atoms with Gasteiger partial charge in [-0.2, -0.15) is 4.72 Å². The monoisotopic (exact) mass is 325 g/mol. The Labute approximate surface area is 129 Å². The molecule has 0 aliphatic carbocycles. The molecule has 22 heavy (non-hydrogen) atoms. The summed E-state index contributed by atoms with van der Waals surface area (Å²) >= 11 is 0. The fraction of sp³-hybridized carbons (Fsp3) is 0.429. The Hall–Kier alpha value is -1.93. The molecule has 0 fully saturated rings. The predicted octanol–water partition coefficient (Wildman–Crippen LogP) is 0.545. The molecule has 0 saturated carbocycles. The molecule has 1 aromatic carbocycles. The van der Waals surface area contributed by atoms with Crippen molar-refractivity contribution in [2.75, 3.05) is 11.9 Å². The van der Waals surface area contributed by atoms with Crippen molar-refractivity contribution in [1.82, 2.24) is 10.0 Å². The van der Waals surface area contributed by atoms with Crippen molar-refractivity contribution in [3.05, 3.63) is 23.8 Å². The molecule has 0 saturated heterocycles. The van der Waals surface area contributed by atoms with Gasteiger partial charge in [0.05, 0.1) is 16.9 Å². The van der Waals surface area contributed by atoms with Crippen LogP contribution in [0.5, 0.6) is 0 Å². The molecule has 1 heterocycles. The predicted molar refractivity (Wildman–Crippen MR) is 82.0 cm³/mol. The number of rotatable bonds is 5. The van der Waals surface area contributed by atoms with E-state index in [-0.39, 0.29) is 10.8 Å². The normalized spacial score (nSPS) is 18.5. The van der Waals surface area contributed by atoms with E-state index in [4.69, 9.17) is 0 Å². The molecule has 0 unspecified atom stereocenters. The highest BCUT2D eigenvalue weighted by Gasteiger charge is 2.29. The molecule has 1 aromatic rings. The maximum Gasteiger partial charge on any atom is 0.241 e. The van der Waals surface area contributed by atoms with Gasteiger partial charge in [0.25, 0.3) is 0 Å². The van der Waals surface area contributed by atoms with Gasteiger partial charge >= 0.3 is 0 Å². The minimum Gasteiger partial charge on any atom is -0.355 e. The lowest BCUT2D eigenvalue weighted by atomic mass is 10.0. The number of likely N-dealkylation sites (N-methyl/N-ethyl adjacent to an activating group) is 1. The lowest BCUT2D eigenvalue weighted by Crippen LogP contribution is -2.44. The molecule has 2 amide bonds. The van der Waals surface area contributed by atoms with Crippen LogP contribution in [-0.2, 0) is 19.6 Å². The van der Waals surface area contributed by atoms with E-state index < -0.39 is 27.9 Å². The Morgan fingerprint density at radius 3 is 2.73 bits per heavy atom. The number of carbonyl (C=O) groups is 2. The zero-order valence-electron chi connectivity index (χ0n) is 12.6. The van der Waals surface area contributed by atoms with E-state index in [1.54, 1.807) is 19.9 Å². The zero-order valence-corrected chi connectivity index (χ0v) is 13.5. The van der Waals surface area contributed by atoms with Crippen molar-refractivity contribution in [3.63, 3.8) is 0 Å². The van der Waals surface area contributed by atoms with E-state index in [1.807, 2.05) is 0 Å². The molecule has 2 rings (SSSR count). The summed E-state index contributed by atoms with van der Waals surface area (Å²) < 4.78 is 27.0. The Morgan fingerprint density at radius 1 is 1.41 bits per heavy atom. The first kappa shape index (κ1) is 16.4. The third-order valence-corrected chi connectivity index (χ3v) is 5.07. The molecule has 1 aliphatic rings. The molecule has 120 valence electrons. The van der Waals surface area contributed by atoms with Gasteiger partial charge in [-0.1, -0.05) is 0 Å². The van der Waals surface area contributed by atoms with Crippen LogP contribution < -0.4 is 15.4 Å². The summed E-state index contributed by atoms with van der Waals surface area (Å²) in [5.74, 6) is -0.948. The van der Waals surface area contributed by atoms with Crippen molar-refractivity contribution in [2.45, 2.75) is 37.6 Å². The number of hydrogen-bond donors (Lipinski definition) is 3. The van der Waals surface area contributed by atoms with E-state index in [9.17, 15) is 18.0 Å². The second kappa shape index (κ2) is 6.05. The van der Waals surface area contributed by atoms with Crippen LogP contribution in [0, 0.1) is 0 Å². The summed E-state index contributed by atoms with van der Waals surface area (Å²) in [6.45, 7) is 5.37. The summed E-state index contributed by atoms with van der Waals surface area (Å²) in [7, 11) is -3.84. The van der Waals surface area contributed by atoms with Gasteiger partial charge in [-0.3, -0.25) is 9.59 Å². The minimum atomic E-state index is -3.84. The highest BCUT2D eigenvalue weighted by molar-refractivity contribution is 7.89. The van der Waals surface area contributed by atoms with Gasteiger partial charge in [0.15, 0.2) is 0 Å². The minimum absolute atomic E-state index is 0.0331. The smallest absolute Gasteiger partial charge is 0.241 e. The van der Waals surface area contributed by atoms with Crippen LogP contribution in [0.2, 0.25) is 0 Å². The molecule has 0 aromatic heterocycles. The van der Waals surface area contributed by atoms with Crippen molar-refractivity contribution in [1.29, 1.82) is 0 Å². The third kappa shape index (κ3) is 3.12. The maximum atomic E-state index is 12.3. The Bertz CT molecular complexity index is 715. The van der Waals surface area contributed by atoms with Crippen LogP contribution in [0.3, 0.4) is 0 Å². The van der Waals surface area contributed by atoms with Crippen molar-refractivity contribution < 1.29 is 18.0 Å². The molecule has 2 atom stereocenters. The number of benzene rings is 1. The number of sulfonamides is 1. The van der Waals surface area contributed by atoms with Gasteiger partial charge in [-0.05, 0) is 44.5 Å². The molecular weight excluding hydrogens is 306 g/mol. The second-order valence-electron chi connectivity index (χ2n) is 5.20. The Morgan fingerprint density at radius 2 is 2.09 bits per heavy atom. The lowest BCUT2D eigenvalue weighted by Gasteiger charge is -2.14. The van der Waals surface area contributed by atoms with Gasteiger partial charge in [0.2, 0.25) is 21.8 Å². The third-order valence-electron chi connectivity index (χ3n) is 3.53. The fourth-order valence-electron chi connectivity index (χ4n) is 2.24. The van der Waals surface area contributed by atoms with Crippen LogP contribution in [0.25, 0.3) is 0 Å². The molecule has 0 spiro atoms. The van der Waals surface area contributed by atoms with Gasteiger partial charge in [-0.25, -0.2) is 8.42 Å². The van der Waals surface area contributed by atoms with Crippen LogP contribution in [0.1, 0.15) is 32.3 Å². The van der Waals surface area contributed by atoms with Crippen LogP contribution in [0.4, 0.5) is 5.69 Å². The number of anilines is 1. The molecule has 8 heteroatoms. The Kier molecular flexibility index (Phi) is 4.52. The summed E-state index contributed by atoms with van der Waals surface area (Å²) in [6, 6.07) is 3.55. The average Bonchev–Trinajstić information content (AvgIpc) is 2.73. The van der Waals surface area contributed by atoms with Gasteiger partial charge < -0.3 is 10.6 Å². The molecule has 3 N–H and O–H groups in total. The Balaban J connectivity index is 2.24. The van der Waals surface area contributed by atoms with Gasteiger partial charge in [0.1, 0.15) is 0 Å². The number of nitrogens with one attached hydrogen (secondary N) is 3. The first-order valence-corrected chi connectivity index (χ1v) is 8.49. The second-order valence-corrected chi connectivity index (χ2v) is 6.91. The summed E-state index contributed by atoms with van der Waals surface area (Å²) in [5, 5.41) is 5.24. The van der Waals surface area contributed by atoms with Crippen LogP contribution >= 0.6 is 0 Å². The highest BCUT2D eigenvalue weighted by Crippen LogP contribution is 2.33. The molecule has 0 bridgehead atoms. The van der Waals surface area contributed by atoms with Gasteiger partial charge in [-0.15, -0.1) is 0 Å². The first-order valence-electron chi connectivity index (χ1n) is 7.01. The molecule has 1 aliphatic heterocycles. The number of carbonyl (C=O) groups excluding carboxylic acids is 2. The number of amides is 2. The molecule has 0 radical (unpaired) electrons. The quantitative estimate of drug-likeness (QED) is 0.735. The summed E-state index contributed by atoms with van der Waals surface area (Å²) in [4.78, 5) is 23.3. The summed E-state index contributed by atoms with van der Waals surface area (Å²) in [6.07, 6.45) is 0. The number of hydrogen-bond acceptors (Lipinski definition) is 4. The van der Waals surface area contributed by atoms with Crippen LogP contribution in [0.15, 0.2) is 23.1 Å². The standard InChI is InChI=1S/C14H19N3O4S/c1-4-15-14(19)9(3)17-22(20,21)10-5-6-12-11(7-10)8(2)13(18)16-12/h5-9,17H,4H2,1-3H3,(H,15,19)(H,16,18)/t8-,9+/m0/s1.